The molecule has 0 radical (unpaired) electrons. The Morgan fingerprint density at radius 1 is 0.944 bits per heavy atom. The summed E-state index contributed by atoms with van der Waals surface area (Å²) in [5, 5.41) is 9.19. The Kier molecular flexibility index (Phi) is 6.07. The van der Waals surface area contributed by atoms with E-state index in [4.69, 9.17) is 16.7 Å². The largest absolute Gasteiger partial charge is 0.395 e. The summed E-state index contributed by atoms with van der Waals surface area (Å²) in [7, 11) is 0. The maximum absolute atomic E-state index is 9.01. The Hall–Kier alpha value is -1.14. The molecule has 1 aromatic rings. The van der Waals surface area contributed by atoms with Crippen LogP contribution in [0.2, 0.25) is 5.28 Å². The van der Waals surface area contributed by atoms with Crippen LogP contribution in [0, 0.1) is 0 Å². The van der Waals surface area contributed by atoms with Crippen molar-refractivity contribution in [3.05, 3.63) is 5.28 Å². The van der Waals surface area contributed by atoms with Crippen molar-refractivity contribution in [1.82, 2.24) is 15.0 Å². The van der Waals surface area contributed by atoms with E-state index in [9.17, 15) is 0 Å². The maximum Gasteiger partial charge on any atom is 0.231 e. The molecule has 0 aliphatic rings. The molecule has 1 aromatic heterocycles. The molecule has 1 N–H and O–H groups in total. The molecule has 0 bridgehead atoms. The Bertz CT molecular complexity index is 372. The normalized spacial score (nSPS) is 10.5. The van der Waals surface area contributed by atoms with E-state index in [0.29, 0.717) is 25.0 Å². The summed E-state index contributed by atoms with van der Waals surface area (Å²) in [6.45, 7) is 8.90. The quantitative estimate of drug-likeness (QED) is 0.805. The molecule has 0 aliphatic carbocycles. The molecule has 0 amide bonds. The average molecular weight is 274 g/mol. The standard InChI is InChI=1S/C11H20ClN5O/c1-4-16(5-2)10-13-9(12)14-11(15-10)17(6-3)7-8-18/h18H,4-8H2,1-3H3. The number of aliphatic hydroxyl groups excluding tert-OH is 1. The highest BCUT2D eigenvalue weighted by molar-refractivity contribution is 6.28. The van der Waals surface area contributed by atoms with Crippen molar-refractivity contribution in [2.75, 3.05) is 42.6 Å². The monoisotopic (exact) mass is 273 g/mol. The fraction of sp³-hybridized carbons (Fsp3) is 0.727. The van der Waals surface area contributed by atoms with Crippen molar-refractivity contribution >= 4 is 23.5 Å². The minimum atomic E-state index is 0.0533. The molecule has 0 unspecified atom stereocenters. The van der Waals surface area contributed by atoms with Crippen molar-refractivity contribution in [1.29, 1.82) is 0 Å². The number of rotatable bonds is 7. The average Bonchev–Trinajstić information content (AvgIpc) is 2.36. The minimum absolute atomic E-state index is 0.0533. The van der Waals surface area contributed by atoms with Gasteiger partial charge in [-0.1, -0.05) is 0 Å². The summed E-state index contributed by atoms with van der Waals surface area (Å²) >= 11 is 5.93. The molecule has 0 fully saturated rings. The van der Waals surface area contributed by atoms with Gasteiger partial charge in [-0.3, -0.25) is 0 Å². The third kappa shape index (κ3) is 3.68. The molecule has 7 heteroatoms. The van der Waals surface area contributed by atoms with Gasteiger partial charge >= 0.3 is 0 Å². The van der Waals surface area contributed by atoms with Gasteiger partial charge in [0.05, 0.1) is 6.61 Å². The molecule has 1 rings (SSSR count). The molecule has 0 saturated heterocycles. The second-order valence-electron chi connectivity index (χ2n) is 3.68. The van der Waals surface area contributed by atoms with E-state index in [1.807, 2.05) is 30.6 Å². The molecule has 0 aromatic carbocycles. The third-order valence-corrected chi connectivity index (χ3v) is 2.83. The molecule has 0 saturated carbocycles. The van der Waals surface area contributed by atoms with Crippen LogP contribution in [0.3, 0.4) is 0 Å². The van der Waals surface area contributed by atoms with Crippen LogP contribution in [0.15, 0.2) is 0 Å². The summed E-state index contributed by atoms with van der Waals surface area (Å²) in [6.07, 6.45) is 0. The smallest absolute Gasteiger partial charge is 0.231 e. The lowest BCUT2D eigenvalue weighted by Crippen LogP contribution is -2.30. The second-order valence-corrected chi connectivity index (χ2v) is 4.02. The maximum atomic E-state index is 9.01. The fourth-order valence-electron chi connectivity index (χ4n) is 1.64. The van der Waals surface area contributed by atoms with Gasteiger partial charge in [0.1, 0.15) is 0 Å². The molecule has 0 atom stereocenters. The minimum Gasteiger partial charge on any atom is -0.395 e. The zero-order valence-electron chi connectivity index (χ0n) is 11.1. The lowest BCUT2D eigenvalue weighted by molar-refractivity contribution is 0.301. The fourth-order valence-corrected chi connectivity index (χ4v) is 1.79. The van der Waals surface area contributed by atoms with Crippen molar-refractivity contribution in [3.8, 4) is 0 Å². The second kappa shape index (κ2) is 7.33. The number of hydrogen-bond acceptors (Lipinski definition) is 6. The van der Waals surface area contributed by atoms with Crippen LogP contribution in [-0.2, 0) is 0 Å². The predicted octanol–water partition coefficient (Wildman–Crippen LogP) is 1.19. The van der Waals surface area contributed by atoms with Crippen molar-refractivity contribution in [3.63, 3.8) is 0 Å². The topological polar surface area (TPSA) is 65.4 Å². The van der Waals surface area contributed by atoms with Gasteiger partial charge in [-0.05, 0) is 32.4 Å². The van der Waals surface area contributed by atoms with Crippen LogP contribution in [0.5, 0.6) is 0 Å². The van der Waals surface area contributed by atoms with E-state index in [2.05, 4.69) is 15.0 Å². The first-order valence-corrected chi connectivity index (χ1v) is 6.56. The highest BCUT2D eigenvalue weighted by Gasteiger charge is 2.13. The molecular weight excluding hydrogens is 254 g/mol. The van der Waals surface area contributed by atoms with Gasteiger partial charge in [0.2, 0.25) is 17.2 Å². The van der Waals surface area contributed by atoms with Crippen LogP contribution in [0.1, 0.15) is 20.8 Å². The molecule has 6 nitrogen and oxygen atoms in total. The van der Waals surface area contributed by atoms with E-state index in [1.54, 1.807) is 0 Å². The SMILES string of the molecule is CCN(CC)c1nc(Cl)nc(N(CC)CCO)n1. The highest BCUT2D eigenvalue weighted by Crippen LogP contribution is 2.16. The molecular formula is C11H20ClN5O. The summed E-state index contributed by atoms with van der Waals surface area (Å²) < 4.78 is 0. The number of aromatic nitrogens is 3. The number of aliphatic hydroxyl groups is 1. The molecule has 18 heavy (non-hydrogen) atoms. The Balaban J connectivity index is 3.05. The van der Waals surface area contributed by atoms with E-state index in [-0.39, 0.29) is 11.9 Å². The first-order chi connectivity index (χ1) is 8.65. The summed E-state index contributed by atoms with van der Waals surface area (Å²) in [4.78, 5) is 16.5. The van der Waals surface area contributed by atoms with Crippen LogP contribution in [-0.4, -0.2) is 52.8 Å². The summed E-state index contributed by atoms with van der Waals surface area (Å²) in [5.41, 5.74) is 0. The van der Waals surface area contributed by atoms with Gasteiger partial charge in [-0.2, -0.15) is 15.0 Å². The number of anilines is 2. The Morgan fingerprint density at radius 2 is 1.44 bits per heavy atom. The van der Waals surface area contributed by atoms with Crippen LogP contribution < -0.4 is 9.80 Å². The molecule has 0 aliphatic heterocycles. The highest BCUT2D eigenvalue weighted by atomic mass is 35.5. The molecule has 1 heterocycles. The predicted molar refractivity (Wildman–Crippen MR) is 73.4 cm³/mol. The number of nitrogens with zero attached hydrogens (tertiary/aromatic N) is 5. The van der Waals surface area contributed by atoms with E-state index in [1.165, 1.54) is 0 Å². The van der Waals surface area contributed by atoms with Gasteiger partial charge in [0.15, 0.2) is 0 Å². The zero-order valence-corrected chi connectivity index (χ0v) is 11.9. The van der Waals surface area contributed by atoms with Gasteiger partial charge in [-0.25, -0.2) is 0 Å². The van der Waals surface area contributed by atoms with E-state index in [0.717, 1.165) is 13.1 Å². The summed E-state index contributed by atoms with van der Waals surface area (Å²) in [5.74, 6) is 1.08. The third-order valence-electron chi connectivity index (χ3n) is 2.67. The first-order valence-electron chi connectivity index (χ1n) is 6.18. The summed E-state index contributed by atoms with van der Waals surface area (Å²) in [6, 6.07) is 0. The van der Waals surface area contributed by atoms with Gasteiger partial charge in [0.25, 0.3) is 0 Å². The number of likely N-dealkylation sites (N-methyl/N-ethyl adjacent to an activating group) is 1. The van der Waals surface area contributed by atoms with E-state index < -0.39 is 0 Å². The van der Waals surface area contributed by atoms with Crippen molar-refractivity contribution < 1.29 is 5.11 Å². The van der Waals surface area contributed by atoms with Crippen molar-refractivity contribution in [2.24, 2.45) is 0 Å². The molecule has 102 valence electrons. The van der Waals surface area contributed by atoms with Crippen LogP contribution >= 0.6 is 11.6 Å². The molecule has 0 spiro atoms. The number of hydrogen-bond donors (Lipinski definition) is 1. The van der Waals surface area contributed by atoms with Crippen molar-refractivity contribution in [2.45, 2.75) is 20.8 Å². The van der Waals surface area contributed by atoms with Gasteiger partial charge in [-0.15, -0.1) is 0 Å². The first kappa shape index (κ1) is 14.9. The zero-order chi connectivity index (χ0) is 13.5. The van der Waals surface area contributed by atoms with Gasteiger partial charge < -0.3 is 14.9 Å². The van der Waals surface area contributed by atoms with Crippen LogP contribution in [0.25, 0.3) is 0 Å². The van der Waals surface area contributed by atoms with E-state index >= 15 is 0 Å². The number of halogens is 1. The van der Waals surface area contributed by atoms with Crippen LogP contribution in [0.4, 0.5) is 11.9 Å². The Morgan fingerprint density at radius 3 is 1.89 bits per heavy atom. The Labute approximate surface area is 113 Å². The lowest BCUT2D eigenvalue weighted by Gasteiger charge is -2.23. The lowest BCUT2D eigenvalue weighted by atomic mass is 10.5. The van der Waals surface area contributed by atoms with Gasteiger partial charge in [0, 0.05) is 26.2 Å².